The van der Waals surface area contributed by atoms with Crippen molar-refractivity contribution in [3.05, 3.63) is 35.4 Å². The van der Waals surface area contributed by atoms with Crippen LogP contribution in [0.5, 0.6) is 23.0 Å². The normalized spacial score (nSPS) is 10.6. The van der Waals surface area contributed by atoms with Crippen molar-refractivity contribution in [2.24, 2.45) is 0 Å². The molecule has 0 aliphatic rings. The molecule has 31 heavy (non-hydrogen) atoms. The quantitative estimate of drug-likeness (QED) is 0.379. The van der Waals surface area contributed by atoms with Gasteiger partial charge in [0.1, 0.15) is 5.56 Å². The highest BCUT2D eigenvalue weighted by Crippen LogP contribution is 2.41. The maximum absolute atomic E-state index is 12.8. The van der Waals surface area contributed by atoms with E-state index in [-0.39, 0.29) is 34.5 Å². The molecule has 10 nitrogen and oxygen atoms in total. The number of amides is 2. The molecule has 0 aliphatic heterocycles. The summed E-state index contributed by atoms with van der Waals surface area (Å²) in [5.41, 5.74) is -0.398. The Labute approximate surface area is 178 Å². The fourth-order valence-electron chi connectivity index (χ4n) is 2.67. The predicted octanol–water partition coefficient (Wildman–Crippen LogP) is 3.19. The van der Waals surface area contributed by atoms with Gasteiger partial charge in [-0.2, -0.15) is 0 Å². The van der Waals surface area contributed by atoms with Crippen molar-refractivity contribution in [3.63, 3.8) is 0 Å². The van der Waals surface area contributed by atoms with Crippen LogP contribution < -0.4 is 20.1 Å². The Kier molecular flexibility index (Phi) is 7.30. The number of carboxylic acids is 1. The smallest absolute Gasteiger partial charge is 0.339 e. The molecule has 0 atom stereocenters. The van der Waals surface area contributed by atoms with Gasteiger partial charge in [0, 0.05) is 0 Å². The van der Waals surface area contributed by atoms with Crippen molar-refractivity contribution in [1.82, 2.24) is 0 Å². The van der Waals surface area contributed by atoms with Crippen LogP contribution in [0.15, 0.2) is 24.3 Å². The first-order valence-corrected chi connectivity index (χ1v) is 9.36. The highest BCUT2D eigenvalue weighted by Gasteiger charge is 2.24. The van der Waals surface area contributed by atoms with Gasteiger partial charge in [-0.15, -0.1) is 0 Å². The zero-order chi connectivity index (χ0) is 23.3. The monoisotopic (exact) mass is 432 g/mol. The molecule has 166 valence electrons. The van der Waals surface area contributed by atoms with E-state index in [4.69, 9.17) is 9.47 Å². The van der Waals surface area contributed by atoms with Crippen molar-refractivity contribution < 1.29 is 39.2 Å². The molecule has 0 saturated carbocycles. The summed E-state index contributed by atoms with van der Waals surface area (Å²) >= 11 is 0. The number of aromatic carboxylic acids is 1. The largest absolute Gasteiger partial charge is 0.504 e. The number of carbonyl (C=O) groups excluding carboxylic acids is 2. The Balaban J connectivity index is 2.48. The van der Waals surface area contributed by atoms with Crippen molar-refractivity contribution in [3.8, 4) is 23.0 Å². The lowest BCUT2D eigenvalue weighted by Crippen LogP contribution is -2.16. The number of hydrogen-bond acceptors (Lipinski definition) is 7. The number of carboxylic acid groups (broad SMARTS) is 1. The van der Waals surface area contributed by atoms with E-state index >= 15 is 0 Å². The van der Waals surface area contributed by atoms with E-state index in [0.717, 1.165) is 6.07 Å². The van der Waals surface area contributed by atoms with Gasteiger partial charge in [0.2, 0.25) is 6.41 Å². The molecule has 0 aliphatic carbocycles. The molecule has 2 aromatic carbocycles. The number of nitrogens with one attached hydrogen (secondary N) is 2. The maximum atomic E-state index is 12.8. The Morgan fingerprint density at radius 2 is 1.35 bits per heavy atom. The van der Waals surface area contributed by atoms with E-state index in [1.165, 1.54) is 18.2 Å². The molecule has 2 amide bonds. The third-order valence-corrected chi connectivity index (χ3v) is 3.91. The summed E-state index contributed by atoms with van der Waals surface area (Å²) in [6.07, 6.45) is -0.383. The fraction of sp³-hybridized carbons (Fsp3) is 0.286. The highest BCUT2D eigenvalue weighted by molar-refractivity contribution is 6.08. The zero-order valence-corrected chi connectivity index (χ0v) is 17.4. The lowest BCUT2D eigenvalue weighted by atomic mass is 10.1. The summed E-state index contributed by atoms with van der Waals surface area (Å²) in [6.45, 7) is 6.75. The second-order valence-corrected chi connectivity index (χ2v) is 7.03. The molecule has 10 heteroatoms. The predicted molar refractivity (Wildman–Crippen MR) is 112 cm³/mol. The number of hydrogen-bond donors (Lipinski definition) is 5. The van der Waals surface area contributed by atoms with Crippen LogP contribution in [0.4, 0.5) is 11.4 Å². The first-order chi connectivity index (χ1) is 14.6. The number of phenolic OH excluding ortho intramolecular Hbond substituents is 1. The Morgan fingerprint density at radius 1 is 0.871 bits per heavy atom. The summed E-state index contributed by atoms with van der Waals surface area (Å²) < 4.78 is 11.0. The number of ether oxygens (including phenoxy) is 2. The van der Waals surface area contributed by atoms with Crippen molar-refractivity contribution in [2.45, 2.75) is 39.9 Å². The van der Waals surface area contributed by atoms with Crippen LogP contribution in [0.1, 0.15) is 48.4 Å². The molecule has 0 heterocycles. The average Bonchev–Trinajstić information content (AvgIpc) is 2.66. The van der Waals surface area contributed by atoms with Crippen molar-refractivity contribution in [1.29, 1.82) is 0 Å². The first kappa shape index (κ1) is 23.3. The first-order valence-electron chi connectivity index (χ1n) is 9.36. The van der Waals surface area contributed by atoms with Crippen LogP contribution in [0, 0.1) is 0 Å². The van der Waals surface area contributed by atoms with E-state index in [1.54, 1.807) is 27.7 Å². The number of aromatic hydroxyl groups is 2. The minimum absolute atomic E-state index is 0.00187. The summed E-state index contributed by atoms with van der Waals surface area (Å²) in [4.78, 5) is 34.9. The minimum Gasteiger partial charge on any atom is -0.504 e. The molecule has 2 aromatic rings. The van der Waals surface area contributed by atoms with Gasteiger partial charge in [-0.05, 0) is 52.0 Å². The third kappa shape index (κ3) is 5.35. The Bertz CT molecular complexity index is 1000. The van der Waals surface area contributed by atoms with E-state index in [2.05, 4.69) is 10.6 Å². The Morgan fingerprint density at radius 3 is 1.87 bits per heavy atom. The van der Waals surface area contributed by atoms with Gasteiger partial charge < -0.3 is 35.4 Å². The van der Waals surface area contributed by atoms with Crippen molar-refractivity contribution >= 4 is 29.7 Å². The molecule has 0 unspecified atom stereocenters. The van der Waals surface area contributed by atoms with Gasteiger partial charge in [-0.1, -0.05) is 0 Å². The van der Waals surface area contributed by atoms with Gasteiger partial charge in [0.15, 0.2) is 23.0 Å². The molecular weight excluding hydrogens is 408 g/mol. The maximum Gasteiger partial charge on any atom is 0.339 e. The molecule has 2 rings (SSSR count). The highest BCUT2D eigenvalue weighted by atomic mass is 16.5. The molecule has 0 saturated heterocycles. The lowest BCUT2D eigenvalue weighted by Gasteiger charge is -2.19. The van der Waals surface area contributed by atoms with E-state index in [9.17, 15) is 29.7 Å². The molecule has 0 fully saturated rings. The molecule has 0 aromatic heterocycles. The number of phenols is 2. The van der Waals surface area contributed by atoms with Crippen LogP contribution in [-0.2, 0) is 4.79 Å². The van der Waals surface area contributed by atoms with Gasteiger partial charge in [-0.3, -0.25) is 9.59 Å². The summed E-state index contributed by atoms with van der Waals surface area (Å²) in [5, 5.41) is 35.0. The molecule has 0 bridgehead atoms. The molecule has 5 N–H and O–H groups in total. The van der Waals surface area contributed by atoms with Gasteiger partial charge in [0.25, 0.3) is 5.91 Å². The van der Waals surface area contributed by atoms with Crippen LogP contribution in [0.25, 0.3) is 0 Å². The topological polar surface area (TPSA) is 154 Å². The average molecular weight is 432 g/mol. The molecule has 0 spiro atoms. The van der Waals surface area contributed by atoms with Gasteiger partial charge >= 0.3 is 5.97 Å². The third-order valence-electron chi connectivity index (χ3n) is 3.91. The van der Waals surface area contributed by atoms with Crippen LogP contribution in [0.3, 0.4) is 0 Å². The second-order valence-electron chi connectivity index (χ2n) is 7.03. The van der Waals surface area contributed by atoms with E-state index in [0.29, 0.717) is 6.41 Å². The zero-order valence-electron chi connectivity index (χ0n) is 17.4. The van der Waals surface area contributed by atoms with Gasteiger partial charge in [0.05, 0.1) is 29.1 Å². The minimum atomic E-state index is -1.37. The van der Waals surface area contributed by atoms with Crippen LogP contribution in [0.2, 0.25) is 0 Å². The number of carbonyl (C=O) groups is 3. The molecule has 0 radical (unpaired) electrons. The van der Waals surface area contributed by atoms with E-state index in [1.807, 2.05) is 0 Å². The summed E-state index contributed by atoms with van der Waals surface area (Å²) in [7, 11) is 0. The summed E-state index contributed by atoms with van der Waals surface area (Å²) in [5.74, 6) is -3.60. The number of rotatable bonds is 9. The number of benzene rings is 2. The SMILES string of the molecule is CC(C)Oc1c(NC(=O)c2ccc(NC=O)c(OC(C)C)c2O)ccc(C(=O)O)c1O. The fourth-order valence-corrected chi connectivity index (χ4v) is 2.67. The Hall–Kier alpha value is -3.95. The summed E-state index contributed by atoms with van der Waals surface area (Å²) in [6, 6.07) is 5.05. The molecular formula is C21H24N2O8. The lowest BCUT2D eigenvalue weighted by molar-refractivity contribution is -0.105. The second kappa shape index (κ2) is 9.70. The van der Waals surface area contributed by atoms with Gasteiger partial charge in [-0.25, -0.2) is 4.79 Å². The van der Waals surface area contributed by atoms with E-state index < -0.39 is 35.0 Å². The number of anilines is 2. The van der Waals surface area contributed by atoms with Crippen LogP contribution in [-0.4, -0.2) is 45.8 Å². The standard InChI is InChI=1S/C21H24N2O8/c1-10(2)30-18-14(22-9-24)7-5-12(16(18)25)20(27)23-15-8-6-13(21(28)29)17(26)19(15)31-11(3)4/h5-11,25-26H,1-4H3,(H,22,24)(H,23,27)(H,28,29). The van der Waals surface area contributed by atoms with Crippen LogP contribution >= 0.6 is 0 Å². The van der Waals surface area contributed by atoms with Crippen molar-refractivity contribution in [2.75, 3.05) is 10.6 Å².